The van der Waals surface area contributed by atoms with Crippen molar-refractivity contribution >= 4 is 11.6 Å². The number of ether oxygens (including phenoxy) is 1. The van der Waals surface area contributed by atoms with Crippen molar-refractivity contribution in [2.24, 2.45) is 0 Å². The Morgan fingerprint density at radius 2 is 1.68 bits per heavy atom. The summed E-state index contributed by atoms with van der Waals surface area (Å²) in [5, 5.41) is 51.5. The van der Waals surface area contributed by atoms with Crippen molar-refractivity contribution in [2.45, 2.75) is 55.9 Å². The number of aliphatic hydroxyl groups excluding tert-OH is 4. The summed E-state index contributed by atoms with van der Waals surface area (Å²) in [5.74, 6) is 0.159. The summed E-state index contributed by atoms with van der Waals surface area (Å²) >= 11 is 6.42. The summed E-state index contributed by atoms with van der Waals surface area (Å²) in [5.41, 5.74) is 2.58. The highest BCUT2D eigenvalue weighted by Crippen LogP contribution is 2.39. The number of hydrogen-bond acceptors (Lipinski definition) is 6. The molecule has 1 aliphatic heterocycles. The van der Waals surface area contributed by atoms with Crippen LogP contribution in [-0.2, 0) is 10.5 Å². The second-order valence-corrected chi connectivity index (χ2v) is 8.53. The van der Waals surface area contributed by atoms with Gasteiger partial charge in [-0.25, -0.2) is 0 Å². The summed E-state index contributed by atoms with van der Waals surface area (Å²) in [6.07, 6.45) is -0.644. The molecule has 3 rings (SSSR count). The molecule has 1 aliphatic rings. The van der Waals surface area contributed by atoms with E-state index in [4.69, 9.17) is 22.8 Å². The Hall–Kier alpha value is -1.95. The Morgan fingerprint density at radius 3 is 2.23 bits per heavy atom. The first-order valence-corrected chi connectivity index (χ1v) is 10.4. The van der Waals surface area contributed by atoms with Crippen LogP contribution in [-0.4, -0.2) is 56.6 Å². The molecule has 2 aromatic rings. The van der Waals surface area contributed by atoms with Crippen LogP contribution in [0.25, 0.3) is 0 Å². The lowest BCUT2D eigenvalue weighted by Gasteiger charge is -2.45. The first-order valence-electron chi connectivity index (χ1n) is 10.0. The van der Waals surface area contributed by atoms with Crippen LogP contribution in [0.1, 0.15) is 47.9 Å². The van der Waals surface area contributed by atoms with Crippen LogP contribution in [0.3, 0.4) is 0 Å². The van der Waals surface area contributed by atoms with Crippen LogP contribution in [0, 0.1) is 12.3 Å². The molecule has 0 bridgehead atoms. The minimum Gasteiger partial charge on any atom is -0.394 e. The highest BCUT2D eigenvalue weighted by molar-refractivity contribution is 6.31. The van der Waals surface area contributed by atoms with E-state index in [-0.39, 0.29) is 5.56 Å². The van der Waals surface area contributed by atoms with Crippen LogP contribution >= 0.6 is 11.6 Å². The first-order chi connectivity index (χ1) is 14.6. The number of halogens is 1. The van der Waals surface area contributed by atoms with E-state index in [2.05, 4.69) is 19.8 Å². The van der Waals surface area contributed by atoms with E-state index in [1.807, 2.05) is 24.3 Å². The van der Waals surface area contributed by atoms with Gasteiger partial charge >= 0.3 is 0 Å². The molecule has 6 atom stereocenters. The fraction of sp³-hybridized carbons (Fsp3) is 0.417. The molecule has 0 aromatic heterocycles. The maximum Gasteiger partial charge on any atom is 0.222 e. The minimum absolute atomic E-state index is 0.0860. The molecule has 7 heteroatoms. The van der Waals surface area contributed by atoms with Gasteiger partial charge in [-0.2, -0.15) is 0 Å². The molecule has 166 valence electrons. The standard InChI is InChI=1S/C24H27ClO6/c1-4-17(15-7-5-14(6-8-15)13(2)3)18-11-16(9-10-19(18)25)24(30)23(29)22(28)21(27)20(12-26)31-24/h1,5-11,13,17,20-23,26-30H,12H2,2-3H3/t17?,20-,21-,22+,23-,24-/m1/s1. The molecular formula is C24H27ClO6. The first kappa shape index (κ1) is 23.7. The molecular weight excluding hydrogens is 420 g/mol. The van der Waals surface area contributed by atoms with Crippen molar-refractivity contribution in [3.8, 4) is 12.3 Å². The second-order valence-electron chi connectivity index (χ2n) is 8.12. The second kappa shape index (κ2) is 9.27. The fourth-order valence-corrected chi connectivity index (χ4v) is 4.05. The molecule has 0 amide bonds. The third-order valence-electron chi connectivity index (χ3n) is 5.79. The third-order valence-corrected chi connectivity index (χ3v) is 6.13. The molecule has 1 saturated heterocycles. The predicted molar refractivity (Wildman–Crippen MR) is 117 cm³/mol. The van der Waals surface area contributed by atoms with Crippen LogP contribution in [0.2, 0.25) is 5.02 Å². The zero-order valence-electron chi connectivity index (χ0n) is 17.3. The molecule has 0 radical (unpaired) electrons. The molecule has 2 aromatic carbocycles. The Balaban J connectivity index is 2.03. The van der Waals surface area contributed by atoms with Crippen LogP contribution < -0.4 is 0 Å². The van der Waals surface area contributed by atoms with E-state index in [0.717, 1.165) is 11.1 Å². The molecule has 0 aliphatic carbocycles. The lowest BCUT2D eigenvalue weighted by molar-refractivity contribution is -0.357. The largest absolute Gasteiger partial charge is 0.394 e. The maximum absolute atomic E-state index is 11.1. The van der Waals surface area contributed by atoms with Crippen molar-refractivity contribution in [3.63, 3.8) is 0 Å². The fourth-order valence-electron chi connectivity index (χ4n) is 3.82. The molecule has 0 saturated carbocycles. The molecule has 0 spiro atoms. The summed E-state index contributed by atoms with van der Waals surface area (Å²) in [7, 11) is 0. The summed E-state index contributed by atoms with van der Waals surface area (Å²) in [4.78, 5) is 0. The quantitative estimate of drug-likeness (QED) is 0.448. The maximum atomic E-state index is 11.1. The Kier molecular flexibility index (Phi) is 7.09. The molecule has 1 unspecified atom stereocenters. The van der Waals surface area contributed by atoms with E-state index < -0.39 is 42.7 Å². The average Bonchev–Trinajstić information content (AvgIpc) is 2.77. The van der Waals surface area contributed by atoms with Crippen molar-refractivity contribution in [2.75, 3.05) is 6.61 Å². The van der Waals surface area contributed by atoms with Gasteiger partial charge in [0.25, 0.3) is 0 Å². The number of benzene rings is 2. The summed E-state index contributed by atoms with van der Waals surface area (Å²) in [6, 6.07) is 12.3. The Bertz CT molecular complexity index is 952. The van der Waals surface area contributed by atoms with Crippen molar-refractivity contribution in [1.29, 1.82) is 0 Å². The highest BCUT2D eigenvalue weighted by Gasteiger charge is 2.53. The van der Waals surface area contributed by atoms with Gasteiger partial charge in [-0.05, 0) is 34.7 Å². The van der Waals surface area contributed by atoms with Gasteiger partial charge in [0, 0.05) is 10.6 Å². The Labute approximate surface area is 186 Å². The van der Waals surface area contributed by atoms with Gasteiger partial charge in [0.2, 0.25) is 5.79 Å². The van der Waals surface area contributed by atoms with E-state index in [1.165, 1.54) is 18.2 Å². The van der Waals surface area contributed by atoms with Crippen LogP contribution in [0.5, 0.6) is 0 Å². The zero-order valence-corrected chi connectivity index (χ0v) is 18.1. The molecule has 5 N–H and O–H groups in total. The van der Waals surface area contributed by atoms with Gasteiger partial charge in [-0.15, -0.1) is 6.42 Å². The van der Waals surface area contributed by atoms with E-state index in [0.29, 0.717) is 16.5 Å². The van der Waals surface area contributed by atoms with Crippen LogP contribution in [0.15, 0.2) is 42.5 Å². The Morgan fingerprint density at radius 1 is 1.06 bits per heavy atom. The van der Waals surface area contributed by atoms with Gasteiger partial charge in [-0.1, -0.05) is 61.7 Å². The van der Waals surface area contributed by atoms with Gasteiger partial charge < -0.3 is 30.3 Å². The zero-order chi connectivity index (χ0) is 22.9. The number of terminal acetylenes is 1. The van der Waals surface area contributed by atoms with Crippen LogP contribution in [0.4, 0.5) is 0 Å². The van der Waals surface area contributed by atoms with Gasteiger partial charge in [0.05, 0.1) is 12.5 Å². The smallest absolute Gasteiger partial charge is 0.222 e. The van der Waals surface area contributed by atoms with Crippen molar-refractivity contribution in [1.82, 2.24) is 0 Å². The topological polar surface area (TPSA) is 110 Å². The minimum atomic E-state index is -2.38. The summed E-state index contributed by atoms with van der Waals surface area (Å²) < 4.78 is 5.41. The molecule has 31 heavy (non-hydrogen) atoms. The third kappa shape index (κ3) is 4.36. The lowest BCUT2D eigenvalue weighted by atomic mass is 9.85. The van der Waals surface area contributed by atoms with Crippen molar-refractivity contribution in [3.05, 3.63) is 69.7 Å². The number of hydrogen-bond donors (Lipinski definition) is 5. The number of aliphatic hydroxyl groups is 5. The number of rotatable bonds is 5. The van der Waals surface area contributed by atoms with E-state index in [9.17, 15) is 25.5 Å². The molecule has 6 nitrogen and oxygen atoms in total. The normalized spacial score (nSPS) is 29.5. The van der Waals surface area contributed by atoms with Gasteiger partial charge in [0.15, 0.2) is 0 Å². The summed E-state index contributed by atoms with van der Waals surface area (Å²) in [6.45, 7) is 3.52. The predicted octanol–water partition coefficient (Wildman–Crippen LogP) is 1.85. The lowest BCUT2D eigenvalue weighted by Crippen LogP contribution is -2.63. The molecule has 1 heterocycles. The van der Waals surface area contributed by atoms with E-state index in [1.54, 1.807) is 0 Å². The van der Waals surface area contributed by atoms with Crippen molar-refractivity contribution < 1.29 is 30.3 Å². The average molecular weight is 447 g/mol. The monoisotopic (exact) mass is 446 g/mol. The molecule has 1 fully saturated rings. The highest BCUT2D eigenvalue weighted by atomic mass is 35.5. The van der Waals surface area contributed by atoms with Gasteiger partial charge in [0.1, 0.15) is 24.4 Å². The van der Waals surface area contributed by atoms with E-state index >= 15 is 0 Å². The SMILES string of the molecule is C#CC(c1ccc(C(C)C)cc1)c1cc([C@@]2(O)O[C@H](CO)[C@@H](O)[C@H](O)[C@H]2O)ccc1Cl. The van der Waals surface area contributed by atoms with Gasteiger partial charge in [-0.3, -0.25) is 0 Å².